The van der Waals surface area contributed by atoms with Crippen LogP contribution in [0, 0.1) is 0 Å². The van der Waals surface area contributed by atoms with E-state index in [1.807, 2.05) is 13.8 Å². The molecule has 0 aliphatic carbocycles. The fraction of sp³-hybridized carbons (Fsp3) is 0.846. The van der Waals surface area contributed by atoms with Crippen molar-refractivity contribution in [3.63, 3.8) is 0 Å². The second-order valence-corrected chi connectivity index (χ2v) is 6.36. The van der Waals surface area contributed by atoms with Gasteiger partial charge in [-0.2, -0.15) is 25.3 Å². The van der Waals surface area contributed by atoms with Crippen LogP contribution in [0.3, 0.4) is 0 Å². The van der Waals surface area contributed by atoms with E-state index < -0.39 is 6.29 Å². The van der Waals surface area contributed by atoms with E-state index in [0.717, 1.165) is 0 Å². The van der Waals surface area contributed by atoms with Gasteiger partial charge in [0.2, 0.25) is 6.29 Å². The Morgan fingerprint density at radius 2 is 1.32 bits per heavy atom. The number of carbonyl (C=O) groups is 2. The fourth-order valence-corrected chi connectivity index (χ4v) is 1.51. The average Bonchev–Trinajstić information content (AvgIpc) is 2.33. The molecule has 0 spiro atoms. The molecule has 6 heteroatoms. The molecule has 0 aliphatic rings. The van der Waals surface area contributed by atoms with Crippen molar-refractivity contribution in [3.8, 4) is 0 Å². The van der Waals surface area contributed by atoms with Crippen LogP contribution in [0.25, 0.3) is 0 Å². The van der Waals surface area contributed by atoms with Crippen molar-refractivity contribution >= 4 is 37.2 Å². The van der Waals surface area contributed by atoms with Crippen LogP contribution in [0.1, 0.15) is 52.9 Å². The molecule has 0 amide bonds. The average molecular weight is 308 g/mol. The van der Waals surface area contributed by atoms with Gasteiger partial charge in [-0.15, -0.1) is 0 Å². The Balaban J connectivity index is 3.99. The number of hydrogen-bond acceptors (Lipinski definition) is 6. The molecule has 0 aromatic rings. The first-order valence-electron chi connectivity index (χ1n) is 6.60. The maximum absolute atomic E-state index is 11.5. The first-order chi connectivity index (χ1) is 8.85. The van der Waals surface area contributed by atoms with Crippen molar-refractivity contribution in [2.75, 3.05) is 0 Å². The molecule has 0 radical (unpaired) electrons. The lowest BCUT2D eigenvalue weighted by atomic mass is 10.2. The molecular formula is C13H24O4S2. The van der Waals surface area contributed by atoms with E-state index in [2.05, 4.69) is 25.3 Å². The third-order valence-corrected chi connectivity index (χ3v) is 2.91. The number of esters is 2. The normalized spacial score (nSPS) is 15.4. The quantitative estimate of drug-likeness (QED) is 0.390. The summed E-state index contributed by atoms with van der Waals surface area (Å²) in [6, 6.07) is 0. The van der Waals surface area contributed by atoms with E-state index >= 15 is 0 Å². The molecule has 0 heterocycles. The van der Waals surface area contributed by atoms with Gasteiger partial charge >= 0.3 is 11.9 Å². The molecule has 0 aromatic heterocycles. The number of ether oxygens (including phenoxy) is 2. The van der Waals surface area contributed by atoms with E-state index in [1.165, 1.54) is 0 Å². The summed E-state index contributed by atoms with van der Waals surface area (Å²) in [4.78, 5) is 23.0. The molecule has 112 valence electrons. The van der Waals surface area contributed by atoms with E-state index in [4.69, 9.17) is 9.47 Å². The van der Waals surface area contributed by atoms with Crippen LogP contribution in [0.5, 0.6) is 0 Å². The smallest absolute Gasteiger partial charge is 0.308 e. The van der Waals surface area contributed by atoms with Crippen molar-refractivity contribution in [1.82, 2.24) is 0 Å². The molecule has 2 unspecified atom stereocenters. The largest absolute Gasteiger partial charge is 0.425 e. The summed E-state index contributed by atoms with van der Waals surface area (Å²) < 4.78 is 10.2. The topological polar surface area (TPSA) is 52.6 Å². The highest BCUT2D eigenvalue weighted by molar-refractivity contribution is 7.81. The Morgan fingerprint density at radius 3 is 1.58 bits per heavy atom. The predicted octanol–water partition coefficient (Wildman–Crippen LogP) is 3.01. The van der Waals surface area contributed by atoms with Crippen LogP contribution < -0.4 is 0 Å². The summed E-state index contributed by atoms with van der Waals surface area (Å²) in [5.74, 6) is -0.716. The number of hydrogen-bond donors (Lipinski definition) is 2. The summed E-state index contributed by atoms with van der Waals surface area (Å²) in [6.45, 7) is 5.62. The summed E-state index contributed by atoms with van der Waals surface area (Å²) in [7, 11) is 0. The maximum Gasteiger partial charge on any atom is 0.308 e. The molecule has 0 saturated heterocycles. The standard InChI is InChI=1S/C13H24O4S2/c1-4-13(16-11(14)7-5-9(2)18)17-12(15)8-6-10(3)19/h9-10,13,18-19H,4-8H2,1-3H3. The van der Waals surface area contributed by atoms with Gasteiger partial charge in [-0.3, -0.25) is 9.59 Å². The van der Waals surface area contributed by atoms with Gasteiger partial charge in [0.05, 0.1) is 0 Å². The Kier molecular flexibility index (Phi) is 10.2. The lowest BCUT2D eigenvalue weighted by molar-refractivity contribution is -0.188. The number of carbonyl (C=O) groups excluding carboxylic acids is 2. The van der Waals surface area contributed by atoms with Gasteiger partial charge < -0.3 is 9.47 Å². The van der Waals surface area contributed by atoms with Gasteiger partial charge in [-0.05, 0) is 23.3 Å². The Bertz CT molecular complexity index is 254. The molecule has 4 nitrogen and oxygen atoms in total. The molecule has 19 heavy (non-hydrogen) atoms. The van der Waals surface area contributed by atoms with E-state index in [0.29, 0.717) is 19.3 Å². The van der Waals surface area contributed by atoms with Gasteiger partial charge in [-0.25, -0.2) is 0 Å². The highest BCUT2D eigenvalue weighted by Crippen LogP contribution is 2.10. The molecular weight excluding hydrogens is 284 g/mol. The number of rotatable bonds is 9. The molecule has 0 N–H and O–H groups in total. The second kappa shape index (κ2) is 10.4. The molecule has 0 aromatic carbocycles. The van der Waals surface area contributed by atoms with Crippen LogP contribution >= 0.6 is 25.3 Å². The zero-order valence-corrected chi connectivity index (χ0v) is 13.6. The van der Waals surface area contributed by atoms with Gasteiger partial charge in [0.15, 0.2) is 0 Å². The monoisotopic (exact) mass is 308 g/mol. The van der Waals surface area contributed by atoms with Crippen molar-refractivity contribution in [1.29, 1.82) is 0 Å². The van der Waals surface area contributed by atoms with Crippen LogP contribution in [0.4, 0.5) is 0 Å². The van der Waals surface area contributed by atoms with Gasteiger partial charge in [0.25, 0.3) is 0 Å². The van der Waals surface area contributed by atoms with Gasteiger partial charge in [0, 0.05) is 19.3 Å². The summed E-state index contributed by atoms with van der Waals surface area (Å²) in [5, 5.41) is 0.291. The molecule has 0 bridgehead atoms. The molecule has 0 aliphatic heterocycles. The Hall–Kier alpha value is -0.360. The van der Waals surface area contributed by atoms with Crippen LogP contribution in [-0.2, 0) is 19.1 Å². The zero-order chi connectivity index (χ0) is 14.8. The van der Waals surface area contributed by atoms with Crippen LogP contribution in [0.2, 0.25) is 0 Å². The van der Waals surface area contributed by atoms with E-state index in [9.17, 15) is 9.59 Å². The third-order valence-electron chi connectivity index (χ3n) is 2.39. The second-order valence-electron chi connectivity index (χ2n) is 4.59. The zero-order valence-electron chi connectivity index (χ0n) is 11.8. The first-order valence-corrected chi connectivity index (χ1v) is 7.63. The number of thiol groups is 2. The van der Waals surface area contributed by atoms with Gasteiger partial charge in [0.1, 0.15) is 0 Å². The van der Waals surface area contributed by atoms with Crippen molar-refractivity contribution < 1.29 is 19.1 Å². The highest BCUT2D eigenvalue weighted by Gasteiger charge is 2.17. The third kappa shape index (κ3) is 11.2. The van der Waals surface area contributed by atoms with Crippen molar-refractivity contribution in [2.24, 2.45) is 0 Å². The SMILES string of the molecule is CCC(OC(=O)CCC(C)S)OC(=O)CCC(C)S. The first kappa shape index (κ1) is 18.6. The molecule has 0 fully saturated rings. The van der Waals surface area contributed by atoms with Crippen molar-refractivity contribution in [3.05, 3.63) is 0 Å². The minimum absolute atomic E-state index is 0.145. The van der Waals surface area contributed by atoms with Crippen molar-refractivity contribution in [2.45, 2.75) is 69.7 Å². The molecule has 2 atom stereocenters. The molecule has 0 saturated carbocycles. The lowest BCUT2D eigenvalue weighted by Gasteiger charge is -2.17. The fourth-order valence-electron chi connectivity index (χ4n) is 1.26. The Labute approximate surface area is 126 Å². The van der Waals surface area contributed by atoms with E-state index in [1.54, 1.807) is 6.92 Å². The van der Waals surface area contributed by atoms with E-state index in [-0.39, 0.29) is 35.3 Å². The van der Waals surface area contributed by atoms with Crippen LogP contribution in [-0.4, -0.2) is 28.7 Å². The minimum Gasteiger partial charge on any atom is -0.425 e. The maximum atomic E-state index is 11.5. The Morgan fingerprint density at radius 1 is 0.947 bits per heavy atom. The molecule has 0 rings (SSSR count). The highest BCUT2D eigenvalue weighted by atomic mass is 32.1. The predicted molar refractivity (Wildman–Crippen MR) is 81.6 cm³/mol. The summed E-state index contributed by atoms with van der Waals surface area (Å²) in [5.41, 5.74) is 0. The minimum atomic E-state index is -0.787. The van der Waals surface area contributed by atoms with Crippen LogP contribution in [0.15, 0.2) is 0 Å². The summed E-state index contributed by atoms with van der Waals surface area (Å²) >= 11 is 8.38. The van der Waals surface area contributed by atoms with Gasteiger partial charge in [-0.1, -0.05) is 20.8 Å². The summed E-state index contributed by atoms with van der Waals surface area (Å²) in [6.07, 6.45) is 1.52. The lowest BCUT2D eigenvalue weighted by Crippen LogP contribution is -2.24.